The third-order valence-corrected chi connectivity index (χ3v) is 4.02. The van der Waals surface area contributed by atoms with Crippen LogP contribution in [0.2, 0.25) is 0 Å². The smallest absolute Gasteiger partial charge is 0.165 e. The first-order valence-corrected chi connectivity index (χ1v) is 8.71. The monoisotopic (exact) mass is 367 g/mol. The number of anilines is 1. The fraction of sp³-hybridized carbons (Fsp3) is 0. The van der Waals surface area contributed by atoms with Gasteiger partial charge in [0.25, 0.3) is 0 Å². The minimum Gasteiger partial charge on any atom is -0.507 e. The van der Waals surface area contributed by atoms with E-state index < -0.39 is 0 Å². The van der Waals surface area contributed by atoms with Crippen LogP contribution in [0.1, 0.15) is 5.56 Å². The lowest BCUT2D eigenvalue weighted by atomic mass is 10.1. The molecule has 0 fully saturated rings. The summed E-state index contributed by atoms with van der Waals surface area (Å²) in [6.07, 6.45) is 5.09. The molecule has 2 aromatic carbocycles. The molecule has 4 rings (SSSR count). The van der Waals surface area contributed by atoms with Crippen LogP contribution in [0.15, 0.2) is 90.3 Å². The Balaban J connectivity index is 1.72. The average Bonchev–Trinajstić information content (AvgIpc) is 2.75. The number of aromatic nitrogens is 3. The molecular formula is C22H17N5O. The van der Waals surface area contributed by atoms with Crippen LogP contribution in [-0.2, 0) is 0 Å². The Labute approximate surface area is 162 Å². The Morgan fingerprint density at radius 1 is 0.893 bits per heavy atom. The molecule has 0 aliphatic heterocycles. The summed E-state index contributed by atoms with van der Waals surface area (Å²) in [5.41, 5.74) is 6.04. The second kappa shape index (κ2) is 8.09. The second-order valence-electron chi connectivity index (χ2n) is 6.00. The Hall–Kier alpha value is -4.06. The topological polar surface area (TPSA) is 83.3 Å². The molecule has 6 nitrogen and oxygen atoms in total. The van der Waals surface area contributed by atoms with Crippen LogP contribution in [0.25, 0.3) is 22.6 Å². The van der Waals surface area contributed by atoms with Gasteiger partial charge < -0.3 is 5.11 Å². The molecule has 28 heavy (non-hydrogen) atoms. The molecule has 0 saturated heterocycles. The van der Waals surface area contributed by atoms with Crippen molar-refractivity contribution in [3.63, 3.8) is 0 Å². The zero-order valence-corrected chi connectivity index (χ0v) is 14.9. The van der Waals surface area contributed by atoms with E-state index in [1.54, 1.807) is 36.8 Å². The average molecular weight is 367 g/mol. The van der Waals surface area contributed by atoms with Crippen molar-refractivity contribution in [3.05, 3.63) is 90.8 Å². The first kappa shape index (κ1) is 17.4. The maximum atomic E-state index is 10.2. The summed E-state index contributed by atoms with van der Waals surface area (Å²) in [4.78, 5) is 13.2. The number of rotatable bonds is 5. The Bertz CT molecular complexity index is 1100. The summed E-state index contributed by atoms with van der Waals surface area (Å²) >= 11 is 0. The number of hydrogen-bond acceptors (Lipinski definition) is 6. The highest BCUT2D eigenvalue weighted by Crippen LogP contribution is 2.29. The molecule has 0 saturated carbocycles. The van der Waals surface area contributed by atoms with Crippen molar-refractivity contribution in [3.8, 4) is 28.4 Å². The molecule has 0 unspecified atom stereocenters. The van der Waals surface area contributed by atoms with Crippen LogP contribution in [0.3, 0.4) is 0 Å². The van der Waals surface area contributed by atoms with Gasteiger partial charge in [-0.25, -0.2) is 9.97 Å². The van der Waals surface area contributed by atoms with Gasteiger partial charge in [-0.1, -0.05) is 48.5 Å². The van der Waals surface area contributed by atoms with Crippen LogP contribution >= 0.6 is 0 Å². The van der Waals surface area contributed by atoms with Crippen molar-refractivity contribution in [2.24, 2.45) is 5.10 Å². The number of hydrogen-bond donors (Lipinski definition) is 2. The van der Waals surface area contributed by atoms with E-state index in [9.17, 15) is 5.11 Å². The zero-order chi connectivity index (χ0) is 19.2. The van der Waals surface area contributed by atoms with E-state index in [-0.39, 0.29) is 5.75 Å². The number of hydrazone groups is 1. The first-order chi connectivity index (χ1) is 13.8. The molecule has 2 N–H and O–H groups in total. The van der Waals surface area contributed by atoms with Gasteiger partial charge in [0.2, 0.25) is 0 Å². The van der Waals surface area contributed by atoms with Crippen molar-refractivity contribution in [2.75, 3.05) is 5.43 Å². The van der Waals surface area contributed by atoms with E-state index in [2.05, 4.69) is 25.5 Å². The highest BCUT2D eigenvalue weighted by molar-refractivity contribution is 5.79. The fourth-order valence-corrected chi connectivity index (χ4v) is 2.67. The maximum absolute atomic E-state index is 10.2. The van der Waals surface area contributed by atoms with Gasteiger partial charge in [0.05, 0.1) is 17.5 Å². The quantitative estimate of drug-likeness (QED) is 0.404. The van der Waals surface area contributed by atoms with E-state index in [1.165, 1.54) is 0 Å². The molecule has 4 aromatic rings. The molecular weight excluding hydrogens is 350 g/mol. The number of para-hydroxylation sites is 1. The standard InChI is InChI=1S/C22H17N5O/c28-20-11-5-4-10-18(20)22-25-19(17-8-2-1-3-9-17)13-21(26-22)27-24-15-16-7-6-12-23-14-16/h1-15,28H,(H,25,26,27). The molecule has 0 radical (unpaired) electrons. The van der Waals surface area contributed by atoms with E-state index in [1.807, 2.05) is 54.6 Å². The Morgan fingerprint density at radius 2 is 1.71 bits per heavy atom. The molecule has 136 valence electrons. The van der Waals surface area contributed by atoms with Gasteiger partial charge in [0.15, 0.2) is 11.6 Å². The van der Waals surface area contributed by atoms with E-state index in [4.69, 9.17) is 0 Å². The third kappa shape index (κ3) is 4.02. The lowest BCUT2D eigenvalue weighted by molar-refractivity contribution is 0.477. The molecule has 0 atom stereocenters. The van der Waals surface area contributed by atoms with Crippen LogP contribution in [0.5, 0.6) is 5.75 Å². The predicted octanol–water partition coefficient (Wildman–Crippen LogP) is 4.36. The van der Waals surface area contributed by atoms with Crippen molar-refractivity contribution >= 4 is 12.0 Å². The van der Waals surface area contributed by atoms with E-state index in [0.29, 0.717) is 17.2 Å². The second-order valence-corrected chi connectivity index (χ2v) is 6.00. The lowest BCUT2D eigenvalue weighted by Gasteiger charge is -2.09. The zero-order valence-electron chi connectivity index (χ0n) is 14.9. The number of phenolic OH excluding ortho intramolecular Hbond substituents is 1. The summed E-state index contributed by atoms with van der Waals surface area (Å²) in [5, 5.41) is 14.4. The van der Waals surface area contributed by atoms with Gasteiger partial charge in [0.1, 0.15) is 5.75 Å². The predicted molar refractivity (Wildman–Crippen MR) is 110 cm³/mol. The summed E-state index contributed by atoms with van der Waals surface area (Å²) in [7, 11) is 0. The van der Waals surface area contributed by atoms with Crippen molar-refractivity contribution < 1.29 is 5.11 Å². The fourth-order valence-electron chi connectivity index (χ4n) is 2.67. The van der Waals surface area contributed by atoms with Gasteiger partial charge in [-0.2, -0.15) is 5.10 Å². The Morgan fingerprint density at radius 3 is 2.50 bits per heavy atom. The number of nitrogens with one attached hydrogen (secondary N) is 1. The van der Waals surface area contributed by atoms with Gasteiger partial charge in [-0.3, -0.25) is 10.4 Å². The first-order valence-electron chi connectivity index (χ1n) is 8.71. The molecule has 2 heterocycles. The van der Waals surface area contributed by atoms with Crippen molar-refractivity contribution in [2.45, 2.75) is 0 Å². The van der Waals surface area contributed by atoms with Crippen LogP contribution in [-0.4, -0.2) is 26.3 Å². The number of aromatic hydroxyl groups is 1. The lowest BCUT2D eigenvalue weighted by Crippen LogP contribution is -1.99. The minimum atomic E-state index is 0.123. The molecule has 0 aliphatic rings. The van der Waals surface area contributed by atoms with E-state index in [0.717, 1.165) is 16.8 Å². The number of phenols is 1. The summed E-state index contributed by atoms with van der Waals surface area (Å²) in [6, 6.07) is 22.3. The highest BCUT2D eigenvalue weighted by atomic mass is 16.3. The van der Waals surface area contributed by atoms with Gasteiger partial charge in [-0.05, 0) is 18.2 Å². The maximum Gasteiger partial charge on any atom is 0.165 e. The normalized spacial score (nSPS) is 10.9. The molecule has 0 aliphatic carbocycles. The number of nitrogens with zero attached hydrogens (tertiary/aromatic N) is 4. The van der Waals surface area contributed by atoms with Gasteiger partial charge >= 0.3 is 0 Å². The largest absolute Gasteiger partial charge is 0.507 e. The SMILES string of the molecule is Oc1ccccc1-c1nc(NN=Cc2cccnc2)cc(-c2ccccc2)n1. The minimum absolute atomic E-state index is 0.123. The number of benzene rings is 2. The molecule has 6 heteroatoms. The molecule has 0 bridgehead atoms. The summed E-state index contributed by atoms with van der Waals surface area (Å²) in [5.74, 6) is 1.06. The van der Waals surface area contributed by atoms with Crippen LogP contribution in [0, 0.1) is 0 Å². The summed E-state index contributed by atoms with van der Waals surface area (Å²) < 4.78 is 0. The van der Waals surface area contributed by atoms with E-state index >= 15 is 0 Å². The molecule has 0 spiro atoms. The number of pyridine rings is 1. The van der Waals surface area contributed by atoms with Gasteiger partial charge in [-0.15, -0.1) is 0 Å². The van der Waals surface area contributed by atoms with Crippen molar-refractivity contribution in [1.29, 1.82) is 0 Å². The highest BCUT2D eigenvalue weighted by Gasteiger charge is 2.11. The van der Waals surface area contributed by atoms with Crippen LogP contribution in [0.4, 0.5) is 5.82 Å². The summed E-state index contributed by atoms with van der Waals surface area (Å²) in [6.45, 7) is 0. The third-order valence-electron chi connectivity index (χ3n) is 4.02. The van der Waals surface area contributed by atoms with Crippen LogP contribution < -0.4 is 5.43 Å². The van der Waals surface area contributed by atoms with Crippen molar-refractivity contribution in [1.82, 2.24) is 15.0 Å². The molecule has 0 amide bonds. The van der Waals surface area contributed by atoms with Gasteiger partial charge in [0, 0.05) is 29.6 Å². The Kier molecular flexibility index (Phi) is 5.02. The molecule has 2 aromatic heterocycles.